The van der Waals surface area contributed by atoms with Crippen molar-refractivity contribution in [1.82, 2.24) is 14.5 Å². The van der Waals surface area contributed by atoms with E-state index < -0.39 is 34.4 Å². The second-order valence-electron chi connectivity index (χ2n) is 9.85. The van der Waals surface area contributed by atoms with Crippen LogP contribution in [0.4, 0.5) is 0 Å². The highest BCUT2D eigenvalue weighted by Gasteiger charge is 2.43. The van der Waals surface area contributed by atoms with E-state index in [2.05, 4.69) is 5.32 Å². The molecule has 0 saturated carbocycles. The van der Waals surface area contributed by atoms with Crippen LogP contribution < -0.4 is 5.32 Å². The van der Waals surface area contributed by atoms with Crippen LogP contribution in [0.15, 0.2) is 83.8 Å². The van der Waals surface area contributed by atoms with Crippen LogP contribution in [-0.2, 0) is 32.6 Å². The van der Waals surface area contributed by atoms with Gasteiger partial charge >= 0.3 is 0 Å². The number of carbonyl (C=O) groups excluding carboxylic acids is 3. The largest absolute Gasteiger partial charge is 0.352 e. The van der Waals surface area contributed by atoms with Crippen LogP contribution in [-0.4, -0.2) is 54.0 Å². The van der Waals surface area contributed by atoms with E-state index >= 15 is 0 Å². The normalized spacial score (nSPS) is 15.4. The Morgan fingerprint density at radius 3 is 2.28 bits per heavy atom. The number of hydrogen-bond donors (Lipinski definition) is 1. The zero-order valence-electron chi connectivity index (χ0n) is 22.3. The molecular weight excluding hydrogens is 514 g/mol. The van der Waals surface area contributed by atoms with Crippen molar-refractivity contribution in [2.75, 3.05) is 6.54 Å². The first kappa shape index (κ1) is 28.0. The van der Waals surface area contributed by atoms with Gasteiger partial charge in [-0.25, -0.2) is 12.7 Å². The predicted octanol–water partition coefficient (Wildman–Crippen LogP) is 3.69. The second kappa shape index (κ2) is 11.8. The summed E-state index contributed by atoms with van der Waals surface area (Å²) in [6, 6.07) is 21.8. The van der Waals surface area contributed by atoms with Gasteiger partial charge in [0.15, 0.2) is 0 Å². The monoisotopic (exact) mass is 547 g/mol. The Morgan fingerprint density at radius 2 is 1.62 bits per heavy atom. The average molecular weight is 548 g/mol. The Balaban J connectivity index is 1.72. The molecule has 3 aromatic carbocycles. The van der Waals surface area contributed by atoms with E-state index in [4.69, 9.17) is 0 Å². The fourth-order valence-electron chi connectivity index (χ4n) is 4.60. The molecule has 3 aromatic rings. The molecule has 0 bridgehead atoms. The lowest BCUT2D eigenvalue weighted by Gasteiger charge is -2.33. The van der Waals surface area contributed by atoms with E-state index in [1.54, 1.807) is 6.07 Å². The zero-order valence-corrected chi connectivity index (χ0v) is 23.1. The number of amides is 3. The standard InChI is InChI=1S/C30H33N3O5S/c1-4-22(3)31-29(35)26(18-23-12-6-5-7-13-23)32(19-24-14-10-11-21(2)17-24)28(34)20-33-30(36)25-15-8-9-16-27(25)39(33,37)38/h5-17,22,26H,4,18-20H2,1-3H3,(H,31,35)/t22-,26+/m0/s1. The Morgan fingerprint density at radius 1 is 0.949 bits per heavy atom. The van der Waals surface area contributed by atoms with Crippen LogP contribution in [0.2, 0.25) is 0 Å². The number of benzene rings is 3. The summed E-state index contributed by atoms with van der Waals surface area (Å²) in [5.41, 5.74) is 2.65. The number of rotatable bonds is 10. The van der Waals surface area contributed by atoms with Crippen molar-refractivity contribution in [2.45, 2.75) is 57.1 Å². The summed E-state index contributed by atoms with van der Waals surface area (Å²) < 4.78 is 27.0. The molecule has 0 unspecified atom stereocenters. The quantitative estimate of drug-likeness (QED) is 0.417. The summed E-state index contributed by atoms with van der Waals surface area (Å²) in [7, 11) is -4.20. The van der Waals surface area contributed by atoms with Gasteiger partial charge in [-0.1, -0.05) is 79.2 Å². The highest BCUT2D eigenvalue weighted by Crippen LogP contribution is 2.30. The fraction of sp³-hybridized carbons (Fsp3) is 0.300. The van der Waals surface area contributed by atoms with Gasteiger partial charge in [0.25, 0.3) is 15.9 Å². The lowest BCUT2D eigenvalue weighted by molar-refractivity contribution is -0.141. The van der Waals surface area contributed by atoms with Gasteiger partial charge in [0.2, 0.25) is 11.8 Å². The molecule has 0 radical (unpaired) electrons. The maximum Gasteiger partial charge on any atom is 0.269 e. The number of fused-ring (bicyclic) bond motifs is 1. The van der Waals surface area contributed by atoms with Crippen LogP contribution in [0.3, 0.4) is 0 Å². The summed E-state index contributed by atoms with van der Waals surface area (Å²) in [6.45, 7) is 5.13. The molecule has 8 nitrogen and oxygen atoms in total. The van der Waals surface area contributed by atoms with E-state index in [1.807, 2.05) is 75.4 Å². The van der Waals surface area contributed by atoms with E-state index in [9.17, 15) is 22.8 Å². The number of carbonyl (C=O) groups is 3. The smallest absolute Gasteiger partial charge is 0.269 e. The number of nitrogens with one attached hydrogen (secondary N) is 1. The van der Waals surface area contributed by atoms with Crippen molar-refractivity contribution in [3.63, 3.8) is 0 Å². The van der Waals surface area contributed by atoms with Gasteiger partial charge in [0.1, 0.15) is 17.5 Å². The maximum atomic E-state index is 14.0. The van der Waals surface area contributed by atoms with Crippen LogP contribution in [0.25, 0.3) is 0 Å². The minimum absolute atomic E-state index is 0.0332. The summed E-state index contributed by atoms with van der Waals surface area (Å²) in [5, 5.41) is 2.98. The van der Waals surface area contributed by atoms with Crippen LogP contribution in [0, 0.1) is 6.92 Å². The van der Waals surface area contributed by atoms with Crippen LogP contribution >= 0.6 is 0 Å². The topological polar surface area (TPSA) is 104 Å². The third kappa shape index (κ3) is 6.20. The molecule has 39 heavy (non-hydrogen) atoms. The average Bonchev–Trinajstić information content (AvgIpc) is 3.11. The molecule has 204 valence electrons. The summed E-state index contributed by atoms with van der Waals surface area (Å²) in [6.07, 6.45) is 0.927. The SMILES string of the molecule is CC[C@H](C)NC(=O)[C@@H](Cc1ccccc1)N(Cc1cccc(C)c1)C(=O)CN1C(=O)c2ccccc2S1(=O)=O. The predicted molar refractivity (Wildman–Crippen MR) is 148 cm³/mol. The minimum Gasteiger partial charge on any atom is -0.352 e. The van der Waals surface area contributed by atoms with E-state index in [0.29, 0.717) is 10.7 Å². The molecule has 4 rings (SSSR count). The molecular formula is C30H33N3O5S. The summed E-state index contributed by atoms with van der Waals surface area (Å²) >= 11 is 0. The zero-order chi connectivity index (χ0) is 28.2. The summed E-state index contributed by atoms with van der Waals surface area (Å²) in [5.74, 6) is -1.73. The van der Waals surface area contributed by atoms with Crippen molar-refractivity contribution < 1.29 is 22.8 Å². The third-order valence-corrected chi connectivity index (χ3v) is 8.69. The lowest BCUT2D eigenvalue weighted by Crippen LogP contribution is -2.54. The number of sulfonamides is 1. The van der Waals surface area contributed by atoms with Gasteiger partial charge < -0.3 is 10.2 Å². The first-order chi connectivity index (χ1) is 18.6. The first-order valence-electron chi connectivity index (χ1n) is 13.0. The lowest BCUT2D eigenvalue weighted by atomic mass is 10.0. The van der Waals surface area contributed by atoms with Gasteiger partial charge in [-0.05, 0) is 43.5 Å². The Bertz CT molecular complexity index is 1470. The molecule has 0 spiro atoms. The molecule has 1 aliphatic rings. The maximum absolute atomic E-state index is 14.0. The van der Waals surface area contributed by atoms with Gasteiger partial charge in [-0.15, -0.1) is 0 Å². The molecule has 0 fully saturated rings. The highest BCUT2D eigenvalue weighted by atomic mass is 32.2. The number of nitrogens with zero attached hydrogens (tertiary/aromatic N) is 2. The van der Waals surface area contributed by atoms with Crippen molar-refractivity contribution in [1.29, 1.82) is 0 Å². The van der Waals surface area contributed by atoms with Crippen molar-refractivity contribution in [3.05, 3.63) is 101 Å². The Labute approximate surface area is 229 Å². The molecule has 1 aliphatic heterocycles. The summed E-state index contributed by atoms with van der Waals surface area (Å²) in [4.78, 5) is 41.9. The molecule has 0 aromatic heterocycles. The minimum atomic E-state index is -4.20. The van der Waals surface area contributed by atoms with Crippen molar-refractivity contribution >= 4 is 27.7 Å². The Hall–Kier alpha value is -3.98. The number of hydrogen-bond acceptors (Lipinski definition) is 5. The molecule has 1 heterocycles. The molecule has 3 amide bonds. The molecule has 1 N–H and O–H groups in total. The Kier molecular flexibility index (Phi) is 8.50. The van der Waals surface area contributed by atoms with Gasteiger partial charge in [-0.2, -0.15) is 0 Å². The van der Waals surface area contributed by atoms with Crippen molar-refractivity contribution in [2.24, 2.45) is 0 Å². The second-order valence-corrected chi connectivity index (χ2v) is 11.7. The van der Waals surface area contributed by atoms with Crippen LogP contribution in [0.1, 0.15) is 47.3 Å². The fourth-order valence-corrected chi connectivity index (χ4v) is 6.12. The van der Waals surface area contributed by atoms with E-state index in [-0.39, 0.29) is 35.4 Å². The first-order valence-corrected chi connectivity index (χ1v) is 14.4. The highest BCUT2D eigenvalue weighted by molar-refractivity contribution is 7.90. The van der Waals surface area contributed by atoms with Crippen LogP contribution in [0.5, 0.6) is 0 Å². The van der Waals surface area contributed by atoms with E-state index in [0.717, 1.165) is 16.7 Å². The molecule has 2 atom stereocenters. The molecule has 9 heteroatoms. The van der Waals surface area contributed by atoms with Gasteiger partial charge in [0.05, 0.1) is 5.56 Å². The van der Waals surface area contributed by atoms with Crippen molar-refractivity contribution in [3.8, 4) is 0 Å². The molecule has 0 saturated heterocycles. The third-order valence-electron chi connectivity index (χ3n) is 6.90. The van der Waals surface area contributed by atoms with Gasteiger partial charge in [0, 0.05) is 19.0 Å². The number of aryl methyl sites for hydroxylation is 1. The van der Waals surface area contributed by atoms with Gasteiger partial charge in [-0.3, -0.25) is 14.4 Å². The van der Waals surface area contributed by atoms with E-state index in [1.165, 1.54) is 23.1 Å². The molecule has 0 aliphatic carbocycles.